The predicted molar refractivity (Wildman–Crippen MR) is 63.3 cm³/mol. The van der Waals surface area contributed by atoms with Crippen LogP contribution in [0.5, 0.6) is 0 Å². The van der Waals surface area contributed by atoms with E-state index in [0.29, 0.717) is 6.54 Å². The molecule has 5 nitrogen and oxygen atoms in total. The van der Waals surface area contributed by atoms with Crippen LogP contribution >= 0.6 is 12.4 Å². The first kappa shape index (κ1) is 14.9. The molecule has 1 rings (SSSR count). The zero-order valence-electron chi connectivity index (χ0n) is 9.96. The summed E-state index contributed by atoms with van der Waals surface area (Å²) in [5.74, 6) is 0.533. The molecule has 0 aliphatic heterocycles. The number of carbonyl (C=O) groups is 1. The van der Waals surface area contributed by atoms with Crippen LogP contribution < -0.4 is 11.1 Å². The Labute approximate surface area is 101 Å². The van der Waals surface area contributed by atoms with Gasteiger partial charge in [-0.25, -0.2) is 0 Å². The molecule has 0 radical (unpaired) electrons. The fourth-order valence-electron chi connectivity index (χ4n) is 1.15. The molecule has 0 aliphatic rings. The minimum atomic E-state index is -0.862. The highest BCUT2D eigenvalue weighted by Gasteiger charge is 2.22. The van der Waals surface area contributed by atoms with Crippen LogP contribution in [0.15, 0.2) is 4.52 Å². The number of hydrogen-bond donors (Lipinski definition) is 2. The minimum absolute atomic E-state index is 0. The maximum Gasteiger partial charge on any atom is 0.239 e. The molecule has 1 aromatic rings. The van der Waals surface area contributed by atoms with Crippen LogP contribution in [0.4, 0.5) is 0 Å². The van der Waals surface area contributed by atoms with E-state index < -0.39 is 5.54 Å². The van der Waals surface area contributed by atoms with Crippen LogP contribution in [0.3, 0.4) is 0 Å². The van der Waals surface area contributed by atoms with Crippen LogP contribution in [0.1, 0.15) is 30.9 Å². The molecule has 0 aliphatic carbocycles. The second-order valence-corrected chi connectivity index (χ2v) is 4.21. The van der Waals surface area contributed by atoms with Crippen molar-refractivity contribution in [2.45, 2.75) is 39.8 Å². The van der Waals surface area contributed by atoms with Gasteiger partial charge >= 0.3 is 0 Å². The zero-order chi connectivity index (χ0) is 11.6. The zero-order valence-corrected chi connectivity index (χ0v) is 10.8. The van der Waals surface area contributed by atoms with Gasteiger partial charge in [0.05, 0.1) is 11.2 Å². The van der Waals surface area contributed by atoms with Crippen molar-refractivity contribution in [3.05, 3.63) is 17.0 Å². The lowest BCUT2D eigenvalue weighted by Gasteiger charge is -2.17. The van der Waals surface area contributed by atoms with Gasteiger partial charge in [0.1, 0.15) is 5.76 Å². The Morgan fingerprint density at radius 3 is 2.44 bits per heavy atom. The minimum Gasteiger partial charge on any atom is -0.361 e. The Morgan fingerprint density at radius 2 is 2.06 bits per heavy atom. The van der Waals surface area contributed by atoms with E-state index in [-0.39, 0.29) is 18.3 Å². The summed E-state index contributed by atoms with van der Waals surface area (Å²) in [6.45, 7) is 7.38. The molecule has 1 amide bonds. The van der Waals surface area contributed by atoms with Crippen molar-refractivity contribution >= 4 is 18.3 Å². The molecule has 0 saturated carbocycles. The van der Waals surface area contributed by atoms with Gasteiger partial charge in [0.25, 0.3) is 0 Å². The van der Waals surface area contributed by atoms with Crippen LogP contribution in [-0.2, 0) is 11.3 Å². The Morgan fingerprint density at radius 1 is 1.50 bits per heavy atom. The number of aryl methyl sites for hydroxylation is 2. The summed E-state index contributed by atoms with van der Waals surface area (Å²) < 4.78 is 4.98. The van der Waals surface area contributed by atoms with Gasteiger partial charge in [-0.2, -0.15) is 0 Å². The highest BCUT2D eigenvalue weighted by Crippen LogP contribution is 2.11. The molecule has 0 bridgehead atoms. The normalized spacial score (nSPS) is 10.8. The van der Waals surface area contributed by atoms with Crippen LogP contribution in [0.2, 0.25) is 0 Å². The van der Waals surface area contributed by atoms with Crippen molar-refractivity contribution in [1.29, 1.82) is 0 Å². The largest absolute Gasteiger partial charge is 0.361 e. The van der Waals surface area contributed by atoms with Crippen LogP contribution in [0, 0.1) is 13.8 Å². The van der Waals surface area contributed by atoms with Crippen molar-refractivity contribution in [1.82, 2.24) is 10.5 Å². The van der Waals surface area contributed by atoms with Gasteiger partial charge in [0.2, 0.25) is 5.91 Å². The van der Waals surface area contributed by atoms with E-state index in [4.69, 9.17) is 10.3 Å². The van der Waals surface area contributed by atoms with Gasteiger partial charge in [-0.1, -0.05) is 5.16 Å². The number of nitrogens with one attached hydrogen (secondary N) is 1. The van der Waals surface area contributed by atoms with Crippen LogP contribution in [-0.4, -0.2) is 16.6 Å². The number of amides is 1. The summed E-state index contributed by atoms with van der Waals surface area (Å²) in [6, 6.07) is 0. The van der Waals surface area contributed by atoms with Gasteiger partial charge in [0, 0.05) is 12.1 Å². The summed E-state index contributed by atoms with van der Waals surface area (Å²) in [5.41, 5.74) is 6.49. The lowest BCUT2D eigenvalue weighted by molar-refractivity contribution is -0.125. The Kier molecular flexibility index (Phi) is 4.96. The summed E-state index contributed by atoms with van der Waals surface area (Å²) in [7, 11) is 0. The number of nitrogens with two attached hydrogens (primary N) is 1. The second-order valence-electron chi connectivity index (χ2n) is 4.21. The molecule has 0 aromatic carbocycles. The van der Waals surface area contributed by atoms with Crippen molar-refractivity contribution in [2.75, 3.05) is 0 Å². The maximum absolute atomic E-state index is 11.5. The van der Waals surface area contributed by atoms with Crippen molar-refractivity contribution < 1.29 is 9.32 Å². The summed E-state index contributed by atoms with van der Waals surface area (Å²) in [5, 5.41) is 6.54. The average Bonchev–Trinajstić information content (AvgIpc) is 2.41. The topological polar surface area (TPSA) is 81.2 Å². The van der Waals surface area contributed by atoms with Gasteiger partial charge < -0.3 is 15.6 Å². The maximum atomic E-state index is 11.5. The molecule has 0 unspecified atom stereocenters. The van der Waals surface area contributed by atoms with Gasteiger partial charge in [-0.15, -0.1) is 12.4 Å². The SMILES string of the molecule is Cc1noc(C)c1CNC(=O)C(C)(C)N.Cl. The fraction of sp³-hybridized carbons (Fsp3) is 0.600. The highest BCUT2D eigenvalue weighted by molar-refractivity contribution is 5.85. The first-order chi connectivity index (χ1) is 6.82. The molecule has 0 spiro atoms. The molecule has 6 heteroatoms. The van der Waals surface area contributed by atoms with Gasteiger partial charge in [0.15, 0.2) is 0 Å². The monoisotopic (exact) mass is 247 g/mol. The predicted octanol–water partition coefficient (Wildman–Crippen LogP) is 1.07. The number of hydrogen-bond acceptors (Lipinski definition) is 4. The third kappa shape index (κ3) is 3.50. The lowest BCUT2D eigenvalue weighted by Crippen LogP contribution is -2.48. The van der Waals surface area contributed by atoms with E-state index in [9.17, 15) is 4.79 Å². The third-order valence-corrected chi connectivity index (χ3v) is 2.19. The molecule has 16 heavy (non-hydrogen) atoms. The standard InChI is InChI=1S/C10H17N3O2.ClH/c1-6-8(7(2)15-13-6)5-12-9(14)10(3,4)11;/h5,11H2,1-4H3,(H,12,14);1H. The summed E-state index contributed by atoms with van der Waals surface area (Å²) >= 11 is 0. The molecule has 1 heterocycles. The number of carbonyl (C=O) groups excluding carboxylic acids is 1. The second kappa shape index (κ2) is 5.32. The third-order valence-electron chi connectivity index (χ3n) is 2.19. The van der Waals surface area contributed by atoms with Gasteiger partial charge in [-0.05, 0) is 27.7 Å². The molecule has 92 valence electrons. The van der Waals surface area contributed by atoms with Crippen molar-refractivity contribution in [2.24, 2.45) is 5.73 Å². The van der Waals surface area contributed by atoms with Crippen molar-refractivity contribution in [3.63, 3.8) is 0 Å². The van der Waals surface area contributed by atoms with E-state index in [0.717, 1.165) is 17.0 Å². The number of aromatic nitrogens is 1. The first-order valence-corrected chi connectivity index (χ1v) is 4.81. The Bertz CT molecular complexity index is 349. The fourth-order valence-corrected chi connectivity index (χ4v) is 1.15. The quantitative estimate of drug-likeness (QED) is 0.837. The summed E-state index contributed by atoms with van der Waals surface area (Å²) in [6.07, 6.45) is 0. The smallest absolute Gasteiger partial charge is 0.239 e. The number of halogens is 1. The Balaban J connectivity index is 0.00000225. The molecular formula is C10H18ClN3O2. The van der Waals surface area contributed by atoms with Gasteiger partial charge in [-0.3, -0.25) is 4.79 Å². The van der Waals surface area contributed by atoms with E-state index in [2.05, 4.69) is 10.5 Å². The molecule has 3 N–H and O–H groups in total. The molecule has 0 saturated heterocycles. The average molecular weight is 248 g/mol. The van der Waals surface area contributed by atoms with E-state index in [1.807, 2.05) is 13.8 Å². The molecule has 0 atom stereocenters. The lowest BCUT2D eigenvalue weighted by atomic mass is 10.1. The first-order valence-electron chi connectivity index (χ1n) is 4.81. The van der Waals surface area contributed by atoms with E-state index >= 15 is 0 Å². The van der Waals surface area contributed by atoms with E-state index in [1.165, 1.54) is 0 Å². The van der Waals surface area contributed by atoms with E-state index in [1.54, 1.807) is 13.8 Å². The number of nitrogens with zero attached hydrogens (tertiary/aromatic N) is 1. The Hall–Kier alpha value is -1.07. The molecule has 0 fully saturated rings. The number of rotatable bonds is 3. The molecular weight excluding hydrogens is 230 g/mol. The van der Waals surface area contributed by atoms with Crippen molar-refractivity contribution in [3.8, 4) is 0 Å². The summed E-state index contributed by atoms with van der Waals surface area (Å²) in [4.78, 5) is 11.5. The molecule has 1 aromatic heterocycles. The highest BCUT2D eigenvalue weighted by atomic mass is 35.5. The van der Waals surface area contributed by atoms with Crippen LogP contribution in [0.25, 0.3) is 0 Å².